The summed E-state index contributed by atoms with van der Waals surface area (Å²) in [7, 11) is 0. The van der Waals surface area contributed by atoms with Crippen molar-refractivity contribution in [1.82, 2.24) is 0 Å². The van der Waals surface area contributed by atoms with Gasteiger partial charge in [-0.1, -0.05) is 0 Å². The molecular formula is C15H23F2N. The largest absolute Gasteiger partial charge is 0.325 e. The van der Waals surface area contributed by atoms with Crippen molar-refractivity contribution < 1.29 is 8.78 Å². The van der Waals surface area contributed by atoms with Crippen LogP contribution in [0.2, 0.25) is 0 Å². The van der Waals surface area contributed by atoms with Gasteiger partial charge in [0.25, 0.3) is 5.92 Å². The lowest BCUT2D eigenvalue weighted by Gasteiger charge is -2.60. The first-order valence-electron chi connectivity index (χ1n) is 7.52. The van der Waals surface area contributed by atoms with Crippen LogP contribution in [0.3, 0.4) is 0 Å². The molecule has 102 valence electrons. The Bertz CT molecular complexity index is 333. The Labute approximate surface area is 107 Å². The van der Waals surface area contributed by atoms with Gasteiger partial charge in [0.15, 0.2) is 0 Å². The highest BCUT2D eigenvalue weighted by Crippen LogP contribution is 2.64. The minimum absolute atomic E-state index is 0.0677. The molecule has 0 atom stereocenters. The van der Waals surface area contributed by atoms with Gasteiger partial charge in [-0.2, -0.15) is 0 Å². The van der Waals surface area contributed by atoms with Gasteiger partial charge < -0.3 is 5.73 Å². The van der Waals surface area contributed by atoms with Crippen molar-refractivity contribution in [3.63, 3.8) is 0 Å². The average molecular weight is 255 g/mol. The summed E-state index contributed by atoms with van der Waals surface area (Å²) in [4.78, 5) is 0. The number of rotatable bonds is 2. The molecule has 5 fully saturated rings. The Morgan fingerprint density at radius 2 is 1.33 bits per heavy atom. The standard InChI is InChI=1S/C15H23F2N/c16-15(17)8-14(18,9-15)7-13-4-10-1-11(5-13)3-12(2-10)6-13/h10-12H,1-9,18H2. The predicted molar refractivity (Wildman–Crippen MR) is 66.3 cm³/mol. The minimum Gasteiger partial charge on any atom is -0.325 e. The molecule has 0 amide bonds. The number of hydrogen-bond acceptors (Lipinski definition) is 1. The van der Waals surface area contributed by atoms with Gasteiger partial charge in [-0.25, -0.2) is 8.78 Å². The summed E-state index contributed by atoms with van der Waals surface area (Å²) in [5, 5.41) is 0. The third-order valence-electron chi connectivity index (χ3n) is 6.11. The maximum absolute atomic E-state index is 13.1. The third-order valence-corrected chi connectivity index (χ3v) is 6.11. The fraction of sp³-hybridized carbons (Fsp3) is 1.00. The van der Waals surface area contributed by atoms with Crippen LogP contribution in [-0.4, -0.2) is 11.5 Å². The first kappa shape index (κ1) is 11.6. The van der Waals surface area contributed by atoms with Crippen LogP contribution >= 0.6 is 0 Å². The van der Waals surface area contributed by atoms with E-state index in [2.05, 4.69) is 0 Å². The monoisotopic (exact) mass is 255 g/mol. The molecule has 5 saturated carbocycles. The van der Waals surface area contributed by atoms with Crippen LogP contribution in [0.25, 0.3) is 0 Å². The molecule has 0 aromatic carbocycles. The highest BCUT2D eigenvalue weighted by Gasteiger charge is 2.59. The van der Waals surface area contributed by atoms with Gasteiger partial charge in [0.05, 0.1) is 0 Å². The summed E-state index contributed by atoms with van der Waals surface area (Å²) >= 11 is 0. The molecule has 5 aliphatic rings. The Hall–Kier alpha value is -0.180. The average Bonchev–Trinajstić information content (AvgIpc) is 2.08. The summed E-state index contributed by atoms with van der Waals surface area (Å²) in [5.41, 5.74) is 6.02. The lowest BCUT2D eigenvalue weighted by atomic mass is 9.46. The van der Waals surface area contributed by atoms with E-state index in [9.17, 15) is 8.78 Å². The minimum atomic E-state index is -2.48. The fourth-order valence-electron chi connectivity index (χ4n) is 6.36. The van der Waals surface area contributed by atoms with E-state index in [0.717, 1.165) is 24.2 Å². The second-order valence-corrected chi connectivity index (χ2v) is 8.17. The van der Waals surface area contributed by atoms with Crippen LogP contribution in [0, 0.1) is 23.2 Å². The maximum atomic E-state index is 13.1. The van der Waals surface area contributed by atoms with Crippen molar-refractivity contribution in [1.29, 1.82) is 0 Å². The van der Waals surface area contributed by atoms with Crippen molar-refractivity contribution >= 4 is 0 Å². The third kappa shape index (κ3) is 1.73. The molecule has 0 radical (unpaired) electrons. The van der Waals surface area contributed by atoms with E-state index in [1.54, 1.807) is 0 Å². The van der Waals surface area contributed by atoms with Crippen LogP contribution in [0.4, 0.5) is 8.78 Å². The molecule has 0 saturated heterocycles. The van der Waals surface area contributed by atoms with Gasteiger partial charge in [-0.15, -0.1) is 0 Å². The number of alkyl halides is 2. The van der Waals surface area contributed by atoms with Crippen molar-refractivity contribution in [3.8, 4) is 0 Å². The molecular weight excluding hydrogens is 232 g/mol. The van der Waals surface area contributed by atoms with E-state index in [0.29, 0.717) is 5.41 Å². The van der Waals surface area contributed by atoms with E-state index >= 15 is 0 Å². The molecule has 18 heavy (non-hydrogen) atoms. The summed E-state index contributed by atoms with van der Waals surface area (Å²) < 4.78 is 26.2. The Kier molecular flexibility index (Phi) is 2.12. The molecule has 0 spiro atoms. The fourth-order valence-corrected chi connectivity index (χ4v) is 6.36. The zero-order valence-corrected chi connectivity index (χ0v) is 10.9. The zero-order chi connectivity index (χ0) is 12.6. The van der Waals surface area contributed by atoms with E-state index in [4.69, 9.17) is 5.73 Å². The van der Waals surface area contributed by atoms with Gasteiger partial charge in [-0.3, -0.25) is 0 Å². The lowest BCUT2D eigenvalue weighted by Crippen LogP contribution is -2.62. The van der Waals surface area contributed by atoms with Crippen LogP contribution < -0.4 is 5.73 Å². The summed E-state index contributed by atoms with van der Waals surface area (Å²) in [6.07, 6.45) is 8.81. The Morgan fingerprint density at radius 3 is 1.72 bits per heavy atom. The van der Waals surface area contributed by atoms with E-state index in [-0.39, 0.29) is 12.8 Å². The molecule has 0 aliphatic heterocycles. The van der Waals surface area contributed by atoms with Crippen LogP contribution in [0.15, 0.2) is 0 Å². The molecule has 0 heterocycles. The van der Waals surface area contributed by atoms with Gasteiger partial charge in [0, 0.05) is 18.4 Å². The van der Waals surface area contributed by atoms with Crippen molar-refractivity contribution in [2.24, 2.45) is 28.9 Å². The molecule has 2 N–H and O–H groups in total. The van der Waals surface area contributed by atoms with Crippen molar-refractivity contribution in [2.45, 2.75) is 69.2 Å². The Balaban J connectivity index is 1.51. The Morgan fingerprint density at radius 1 is 0.889 bits per heavy atom. The molecule has 3 heteroatoms. The molecule has 0 aromatic rings. The van der Waals surface area contributed by atoms with Crippen LogP contribution in [0.1, 0.15) is 57.8 Å². The first-order valence-corrected chi connectivity index (χ1v) is 7.52. The number of halogens is 2. The van der Waals surface area contributed by atoms with E-state index in [1.165, 1.54) is 38.5 Å². The smallest absolute Gasteiger partial charge is 0.251 e. The normalized spacial score (nSPS) is 51.2. The summed E-state index contributed by atoms with van der Waals surface area (Å²) in [6.45, 7) is 0. The van der Waals surface area contributed by atoms with Gasteiger partial charge in [0.1, 0.15) is 0 Å². The highest BCUT2D eigenvalue weighted by molar-refractivity contribution is 5.10. The van der Waals surface area contributed by atoms with Gasteiger partial charge >= 0.3 is 0 Å². The van der Waals surface area contributed by atoms with E-state index in [1.807, 2.05) is 0 Å². The van der Waals surface area contributed by atoms with E-state index < -0.39 is 11.5 Å². The lowest BCUT2D eigenvalue weighted by molar-refractivity contribution is -0.151. The molecule has 5 rings (SSSR count). The maximum Gasteiger partial charge on any atom is 0.251 e. The summed E-state index contributed by atoms with van der Waals surface area (Å²) in [5.74, 6) is 0.193. The topological polar surface area (TPSA) is 26.0 Å². The van der Waals surface area contributed by atoms with Gasteiger partial charge in [0.2, 0.25) is 0 Å². The number of hydrogen-bond donors (Lipinski definition) is 1. The zero-order valence-electron chi connectivity index (χ0n) is 10.9. The molecule has 0 aromatic heterocycles. The summed E-state index contributed by atoms with van der Waals surface area (Å²) in [6, 6.07) is 0. The van der Waals surface area contributed by atoms with Crippen LogP contribution in [-0.2, 0) is 0 Å². The van der Waals surface area contributed by atoms with Crippen LogP contribution in [0.5, 0.6) is 0 Å². The first-order chi connectivity index (χ1) is 8.36. The highest BCUT2D eigenvalue weighted by atomic mass is 19.3. The number of nitrogens with two attached hydrogens (primary N) is 1. The SMILES string of the molecule is NC1(CC23CC4CC(CC(C4)C2)C3)CC(F)(F)C1. The van der Waals surface area contributed by atoms with Gasteiger partial charge in [-0.05, 0) is 68.1 Å². The second-order valence-electron chi connectivity index (χ2n) is 8.17. The molecule has 4 bridgehead atoms. The molecule has 1 nitrogen and oxygen atoms in total. The quantitative estimate of drug-likeness (QED) is 0.799. The predicted octanol–water partition coefficient (Wildman–Crippen LogP) is 3.72. The second kappa shape index (κ2) is 3.28. The van der Waals surface area contributed by atoms with Crippen molar-refractivity contribution in [3.05, 3.63) is 0 Å². The molecule has 5 aliphatic carbocycles. The van der Waals surface area contributed by atoms with Crippen molar-refractivity contribution in [2.75, 3.05) is 0 Å². The molecule has 0 unspecified atom stereocenters.